The molecule has 0 aliphatic carbocycles. The van der Waals surface area contributed by atoms with Gasteiger partial charge in [-0.25, -0.2) is 9.48 Å². The second-order valence-electron chi connectivity index (χ2n) is 5.52. The first-order valence-electron chi connectivity index (χ1n) is 7.91. The smallest absolute Gasteiger partial charge is 0.346 e. The second-order valence-corrected chi connectivity index (χ2v) is 6.34. The Bertz CT molecular complexity index is 851. The first-order valence-corrected chi connectivity index (χ1v) is 8.66. The van der Waals surface area contributed by atoms with Gasteiger partial charge in [-0.2, -0.15) is 5.10 Å². The molecule has 0 radical (unpaired) electrons. The van der Waals surface area contributed by atoms with Gasteiger partial charge in [0.15, 0.2) is 11.9 Å². The van der Waals surface area contributed by atoms with Crippen molar-refractivity contribution in [2.24, 2.45) is 7.05 Å². The van der Waals surface area contributed by atoms with Crippen LogP contribution in [0.1, 0.15) is 18.2 Å². The van der Waals surface area contributed by atoms with Crippen LogP contribution in [0, 0.1) is 0 Å². The fourth-order valence-corrected chi connectivity index (χ4v) is 2.80. The largest absolute Gasteiger partial charge is 0.477 e. The van der Waals surface area contributed by atoms with Gasteiger partial charge >= 0.3 is 5.97 Å². The maximum atomic E-state index is 11.6. The lowest BCUT2D eigenvalue weighted by molar-refractivity contribution is -0.147. The van der Waals surface area contributed by atoms with Gasteiger partial charge in [0.1, 0.15) is 5.75 Å². The lowest BCUT2D eigenvalue weighted by atomic mass is 10.2. The summed E-state index contributed by atoms with van der Waals surface area (Å²) in [5, 5.41) is 4.85. The number of hydrogen-bond acceptors (Lipinski definition) is 6. The van der Waals surface area contributed by atoms with Crippen molar-refractivity contribution in [1.82, 2.24) is 9.78 Å². The van der Waals surface area contributed by atoms with Gasteiger partial charge in [0.25, 0.3) is 0 Å². The van der Waals surface area contributed by atoms with Gasteiger partial charge in [-0.15, -0.1) is 0 Å². The summed E-state index contributed by atoms with van der Waals surface area (Å²) in [6.45, 7) is 5.64. The average Bonchev–Trinajstić information content (AvgIpc) is 2.92. The zero-order valence-electron chi connectivity index (χ0n) is 15.4. The van der Waals surface area contributed by atoms with Crippen LogP contribution in [-0.4, -0.2) is 36.1 Å². The van der Waals surface area contributed by atoms with E-state index < -0.39 is 12.1 Å². The Labute approximate surface area is 167 Å². The number of nitrogens with zero attached hydrogens (tertiary/aromatic N) is 2. The van der Waals surface area contributed by atoms with E-state index in [1.165, 1.54) is 19.2 Å². The average molecular weight is 415 g/mol. The highest BCUT2D eigenvalue weighted by Crippen LogP contribution is 2.39. The van der Waals surface area contributed by atoms with E-state index in [-0.39, 0.29) is 21.5 Å². The molecule has 146 valence electrons. The minimum Gasteiger partial charge on any atom is -0.477 e. The first-order chi connectivity index (χ1) is 12.8. The van der Waals surface area contributed by atoms with E-state index in [9.17, 15) is 4.79 Å². The van der Waals surface area contributed by atoms with E-state index in [0.29, 0.717) is 23.7 Å². The van der Waals surface area contributed by atoms with Crippen LogP contribution in [0.15, 0.2) is 18.7 Å². The van der Waals surface area contributed by atoms with Crippen molar-refractivity contribution in [2.45, 2.75) is 19.6 Å². The summed E-state index contributed by atoms with van der Waals surface area (Å²) in [6.07, 6.45) is 0.771. The lowest BCUT2D eigenvalue weighted by Crippen LogP contribution is -2.25. The van der Waals surface area contributed by atoms with E-state index >= 15 is 0 Å². The number of ether oxygens (including phenoxy) is 4. The molecular formula is C18H20Cl2N2O5. The van der Waals surface area contributed by atoms with Crippen molar-refractivity contribution >= 4 is 35.2 Å². The summed E-state index contributed by atoms with van der Waals surface area (Å²) in [5.41, 5.74) is 1.35. The molecule has 1 aromatic heterocycles. The summed E-state index contributed by atoms with van der Waals surface area (Å²) in [6, 6.07) is 2.97. The molecular weight excluding hydrogens is 395 g/mol. The minimum absolute atomic E-state index is 0.230. The van der Waals surface area contributed by atoms with E-state index in [1.54, 1.807) is 31.8 Å². The fraction of sp³-hybridized carbons (Fsp3) is 0.333. The molecule has 0 aliphatic heterocycles. The summed E-state index contributed by atoms with van der Waals surface area (Å²) < 4.78 is 22.8. The van der Waals surface area contributed by atoms with E-state index in [2.05, 4.69) is 16.4 Å². The van der Waals surface area contributed by atoms with Gasteiger partial charge in [0, 0.05) is 20.2 Å². The topological polar surface area (TPSA) is 71.8 Å². The van der Waals surface area contributed by atoms with E-state index in [4.69, 9.17) is 37.4 Å². The Morgan fingerprint density at radius 3 is 2.56 bits per heavy atom. The third-order valence-electron chi connectivity index (χ3n) is 3.62. The predicted molar refractivity (Wildman–Crippen MR) is 103 cm³/mol. The van der Waals surface area contributed by atoms with Crippen molar-refractivity contribution in [3.05, 3.63) is 40.0 Å². The number of aromatic nitrogens is 2. The third-order valence-corrected chi connectivity index (χ3v) is 4.21. The Kier molecular flexibility index (Phi) is 7.12. The third kappa shape index (κ3) is 4.74. The molecule has 1 aromatic carbocycles. The van der Waals surface area contributed by atoms with Gasteiger partial charge in [0.2, 0.25) is 5.88 Å². The van der Waals surface area contributed by atoms with Gasteiger partial charge < -0.3 is 18.9 Å². The van der Waals surface area contributed by atoms with Crippen LogP contribution < -0.4 is 9.47 Å². The Balaban J connectivity index is 2.38. The highest BCUT2D eigenvalue weighted by atomic mass is 35.5. The molecule has 0 bridgehead atoms. The molecule has 0 spiro atoms. The van der Waals surface area contributed by atoms with Crippen LogP contribution in [0.25, 0.3) is 6.08 Å². The van der Waals surface area contributed by atoms with E-state index in [0.717, 1.165) is 0 Å². The van der Waals surface area contributed by atoms with Gasteiger partial charge in [-0.3, -0.25) is 0 Å². The number of esters is 1. The monoisotopic (exact) mass is 414 g/mol. The lowest BCUT2D eigenvalue weighted by Gasteiger charge is -2.16. The van der Waals surface area contributed by atoms with Crippen molar-refractivity contribution in [3.63, 3.8) is 0 Å². The molecule has 2 rings (SSSR count). The number of halogens is 2. The number of aryl methyl sites for hydroxylation is 1. The zero-order valence-corrected chi connectivity index (χ0v) is 16.9. The molecule has 2 aromatic rings. The Morgan fingerprint density at radius 1 is 1.30 bits per heavy atom. The van der Waals surface area contributed by atoms with Gasteiger partial charge in [-0.05, 0) is 13.0 Å². The van der Waals surface area contributed by atoms with Crippen LogP contribution in [0.4, 0.5) is 0 Å². The number of methoxy groups -OCH3 is 2. The maximum Gasteiger partial charge on any atom is 0.346 e. The molecule has 0 aliphatic rings. The number of carbonyl (C=O) groups is 1. The molecule has 9 heteroatoms. The van der Waals surface area contributed by atoms with Crippen molar-refractivity contribution in [2.75, 3.05) is 14.2 Å². The van der Waals surface area contributed by atoms with Crippen molar-refractivity contribution in [3.8, 4) is 17.4 Å². The molecule has 0 amide bonds. The Hall–Kier alpha value is -2.22. The normalized spacial score (nSPS) is 11.8. The maximum absolute atomic E-state index is 11.6. The molecule has 7 nitrogen and oxygen atoms in total. The highest BCUT2D eigenvalue weighted by Gasteiger charge is 2.21. The van der Waals surface area contributed by atoms with Gasteiger partial charge in [-0.1, -0.05) is 35.9 Å². The molecule has 1 atom stereocenters. The van der Waals surface area contributed by atoms with Crippen LogP contribution >= 0.6 is 23.2 Å². The van der Waals surface area contributed by atoms with Crippen LogP contribution in [0.3, 0.4) is 0 Å². The first kappa shape index (κ1) is 21.1. The molecule has 0 saturated heterocycles. The zero-order chi connectivity index (χ0) is 20.1. The highest BCUT2D eigenvalue weighted by molar-refractivity contribution is 6.36. The number of hydrogen-bond donors (Lipinski definition) is 0. The quantitative estimate of drug-likeness (QED) is 0.601. The van der Waals surface area contributed by atoms with Crippen LogP contribution in [0.2, 0.25) is 10.0 Å². The molecule has 0 saturated carbocycles. The molecule has 27 heavy (non-hydrogen) atoms. The van der Waals surface area contributed by atoms with E-state index in [1.807, 2.05) is 0 Å². The number of benzene rings is 1. The Morgan fingerprint density at radius 2 is 1.96 bits per heavy atom. The molecule has 0 unspecified atom stereocenters. The second kappa shape index (κ2) is 9.12. The number of carbonyl (C=O) groups excluding carboxylic acids is 1. The summed E-state index contributed by atoms with van der Waals surface area (Å²) >= 11 is 12.4. The standard InChI is InChI=1S/C18H20Cl2N2O5/c1-6-11-14(9-24-4)21-22(3)17(11)27-16-8-15(12(19)7-13(16)20)26-10(2)18(23)25-5/h6-8,10H,1,9H2,2-5H3/t10-/m0/s1. The minimum atomic E-state index is -0.852. The van der Waals surface area contributed by atoms with Crippen LogP contribution in [-0.2, 0) is 27.9 Å². The summed E-state index contributed by atoms with van der Waals surface area (Å²) in [7, 11) is 4.57. The molecule has 0 N–H and O–H groups in total. The van der Waals surface area contributed by atoms with Crippen molar-refractivity contribution in [1.29, 1.82) is 0 Å². The van der Waals surface area contributed by atoms with Crippen LogP contribution in [0.5, 0.6) is 17.4 Å². The SMILES string of the molecule is C=Cc1c(COC)nn(C)c1Oc1cc(O[C@@H](C)C(=O)OC)c(Cl)cc1Cl. The number of rotatable bonds is 8. The van der Waals surface area contributed by atoms with Gasteiger partial charge in [0.05, 0.1) is 35.0 Å². The summed E-state index contributed by atoms with van der Waals surface area (Å²) in [4.78, 5) is 11.6. The summed E-state index contributed by atoms with van der Waals surface area (Å²) in [5.74, 6) is 0.401. The molecule has 1 heterocycles. The fourth-order valence-electron chi connectivity index (χ4n) is 2.34. The van der Waals surface area contributed by atoms with Crippen molar-refractivity contribution < 1.29 is 23.7 Å². The molecule has 0 fully saturated rings. The predicted octanol–water partition coefficient (Wildman–Crippen LogP) is 4.25.